The van der Waals surface area contributed by atoms with E-state index in [2.05, 4.69) is 0 Å². The number of hydrogen-bond donors (Lipinski definition) is 0. The zero-order valence-corrected chi connectivity index (χ0v) is 18.9. The third-order valence-electron chi connectivity index (χ3n) is 5.42. The quantitative estimate of drug-likeness (QED) is 0.369. The first kappa shape index (κ1) is 22.0. The van der Waals surface area contributed by atoms with Crippen LogP contribution in [-0.2, 0) is 22.7 Å². The summed E-state index contributed by atoms with van der Waals surface area (Å²) in [5.41, 5.74) is 3.27. The molecule has 0 atom stereocenters. The highest BCUT2D eigenvalue weighted by Crippen LogP contribution is 2.36. The van der Waals surface area contributed by atoms with Crippen LogP contribution in [0.5, 0.6) is 17.2 Å². The van der Waals surface area contributed by atoms with Crippen molar-refractivity contribution in [1.29, 1.82) is 0 Å². The number of methoxy groups -OCH3 is 1. The van der Waals surface area contributed by atoms with Gasteiger partial charge >= 0.3 is 5.97 Å². The zero-order chi connectivity index (χ0) is 23.7. The van der Waals surface area contributed by atoms with E-state index in [1.807, 2.05) is 6.07 Å². The minimum atomic E-state index is -0.425. The SMILES string of the molecule is COC(=O)c1ccc(/C=C2\Oc3cc(OCc4cc(Cl)cc5c4OCOC5)ccc3C2=O)cc1. The lowest BCUT2D eigenvalue weighted by molar-refractivity contribution is -0.0175. The average molecular weight is 479 g/mol. The van der Waals surface area contributed by atoms with Crippen molar-refractivity contribution in [3.8, 4) is 17.2 Å². The molecular weight excluding hydrogens is 460 g/mol. The Labute approximate surface area is 200 Å². The van der Waals surface area contributed by atoms with Gasteiger partial charge in [-0.25, -0.2) is 4.79 Å². The minimum Gasteiger partial charge on any atom is -0.489 e. The standard InChI is InChI=1S/C26H19ClO7/c1-30-26(29)16-4-2-15(3-5-16)8-23-24(28)21-7-6-20(11-22(21)34-23)32-13-18-10-19(27)9-17-12-31-14-33-25(17)18/h2-11H,12-14H2,1H3/b23-8-. The molecule has 8 heteroatoms. The third kappa shape index (κ3) is 4.35. The molecule has 2 heterocycles. The molecule has 34 heavy (non-hydrogen) atoms. The highest BCUT2D eigenvalue weighted by molar-refractivity contribution is 6.30. The molecule has 2 aliphatic heterocycles. The molecule has 7 nitrogen and oxygen atoms in total. The van der Waals surface area contributed by atoms with Gasteiger partial charge in [0.25, 0.3) is 0 Å². The van der Waals surface area contributed by atoms with Crippen LogP contribution >= 0.6 is 11.6 Å². The van der Waals surface area contributed by atoms with Gasteiger partial charge in [-0.3, -0.25) is 4.79 Å². The molecule has 5 rings (SSSR count). The second-order valence-corrected chi connectivity index (χ2v) is 8.10. The van der Waals surface area contributed by atoms with Crippen molar-refractivity contribution >= 4 is 29.4 Å². The molecular formula is C26H19ClO7. The third-order valence-corrected chi connectivity index (χ3v) is 5.64. The first-order valence-electron chi connectivity index (χ1n) is 10.4. The van der Waals surface area contributed by atoms with Crippen molar-refractivity contribution in [2.24, 2.45) is 0 Å². The molecule has 0 radical (unpaired) electrons. The Bertz CT molecular complexity index is 1310. The van der Waals surface area contributed by atoms with Crippen LogP contribution in [0.1, 0.15) is 37.4 Å². The smallest absolute Gasteiger partial charge is 0.337 e. The van der Waals surface area contributed by atoms with E-state index in [4.69, 9.17) is 35.3 Å². The molecule has 0 saturated carbocycles. The number of carbonyl (C=O) groups is 2. The Morgan fingerprint density at radius 3 is 2.74 bits per heavy atom. The van der Waals surface area contributed by atoms with Gasteiger partial charge in [-0.05, 0) is 48.0 Å². The van der Waals surface area contributed by atoms with Crippen molar-refractivity contribution in [3.63, 3.8) is 0 Å². The molecule has 0 saturated heterocycles. The van der Waals surface area contributed by atoms with Gasteiger partial charge in [-0.1, -0.05) is 23.7 Å². The maximum Gasteiger partial charge on any atom is 0.337 e. The van der Waals surface area contributed by atoms with E-state index in [1.165, 1.54) is 7.11 Å². The van der Waals surface area contributed by atoms with E-state index in [0.717, 1.165) is 16.7 Å². The fourth-order valence-corrected chi connectivity index (χ4v) is 4.03. The minimum absolute atomic E-state index is 0.178. The Morgan fingerprint density at radius 1 is 1.12 bits per heavy atom. The monoisotopic (exact) mass is 478 g/mol. The van der Waals surface area contributed by atoms with E-state index in [-0.39, 0.29) is 24.9 Å². The first-order valence-corrected chi connectivity index (χ1v) is 10.8. The molecule has 0 fully saturated rings. The number of fused-ring (bicyclic) bond motifs is 2. The van der Waals surface area contributed by atoms with Gasteiger partial charge < -0.3 is 23.7 Å². The van der Waals surface area contributed by atoms with Crippen molar-refractivity contribution in [1.82, 2.24) is 0 Å². The molecule has 0 unspecified atom stereocenters. The predicted octanol–water partition coefficient (Wildman–Crippen LogP) is 5.19. The molecule has 0 aromatic heterocycles. The maximum atomic E-state index is 12.8. The summed E-state index contributed by atoms with van der Waals surface area (Å²) < 4.78 is 27.4. The van der Waals surface area contributed by atoms with Crippen molar-refractivity contribution < 1.29 is 33.3 Å². The van der Waals surface area contributed by atoms with Crippen molar-refractivity contribution in [2.45, 2.75) is 13.2 Å². The molecule has 3 aromatic carbocycles. The van der Waals surface area contributed by atoms with E-state index in [1.54, 1.807) is 54.6 Å². The average Bonchev–Trinajstić information content (AvgIpc) is 3.16. The van der Waals surface area contributed by atoms with Crippen LogP contribution < -0.4 is 14.2 Å². The number of halogens is 1. The highest BCUT2D eigenvalue weighted by atomic mass is 35.5. The van der Waals surface area contributed by atoms with Crippen molar-refractivity contribution in [2.75, 3.05) is 13.9 Å². The number of ether oxygens (including phenoxy) is 5. The van der Waals surface area contributed by atoms with E-state index >= 15 is 0 Å². The lowest BCUT2D eigenvalue weighted by atomic mass is 10.1. The second-order valence-electron chi connectivity index (χ2n) is 7.66. The lowest BCUT2D eigenvalue weighted by Crippen LogP contribution is -2.14. The Hall–Kier alpha value is -3.81. The van der Waals surface area contributed by atoms with Gasteiger partial charge in [0.1, 0.15) is 23.9 Å². The van der Waals surface area contributed by atoms with Gasteiger partial charge in [0.2, 0.25) is 5.78 Å². The number of ketones is 1. The Kier molecular flexibility index (Phi) is 5.96. The number of Topliss-reactive ketones (excluding diaryl/α,β-unsaturated/α-hetero) is 1. The lowest BCUT2D eigenvalue weighted by Gasteiger charge is -2.21. The molecule has 172 valence electrons. The Balaban J connectivity index is 1.31. The van der Waals surface area contributed by atoms with Gasteiger partial charge in [0.15, 0.2) is 12.6 Å². The molecule has 2 aliphatic rings. The summed E-state index contributed by atoms with van der Waals surface area (Å²) in [4.78, 5) is 24.3. The van der Waals surface area contributed by atoms with Gasteiger partial charge in [-0.2, -0.15) is 0 Å². The van der Waals surface area contributed by atoms with Crippen LogP contribution in [0.15, 0.2) is 60.4 Å². The number of hydrogen-bond acceptors (Lipinski definition) is 7. The van der Waals surface area contributed by atoms with E-state index < -0.39 is 5.97 Å². The van der Waals surface area contributed by atoms with Crippen LogP contribution in [-0.4, -0.2) is 25.7 Å². The molecule has 0 aliphatic carbocycles. The summed E-state index contributed by atoms with van der Waals surface area (Å²) in [7, 11) is 1.32. The van der Waals surface area contributed by atoms with Crippen molar-refractivity contribution in [3.05, 3.63) is 93.2 Å². The van der Waals surface area contributed by atoms with Crippen LogP contribution in [0.4, 0.5) is 0 Å². The highest BCUT2D eigenvalue weighted by Gasteiger charge is 2.28. The van der Waals surface area contributed by atoms with Crippen LogP contribution in [0.25, 0.3) is 6.08 Å². The number of allylic oxidation sites excluding steroid dienone is 1. The van der Waals surface area contributed by atoms with Gasteiger partial charge in [-0.15, -0.1) is 0 Å². The molecule has 0 spiro atoms. The van der Waals surface area contributed by atoms with Crippen LogP contribution in [0.2, 0.25) is 5.02 Å². The number of carbonyl (C=O) groups excluding carboxylic acids is 2. The normalized spacial score (nSPS) is 15.2. The summed E-state index contributed by atoms with van der Waals surface area (Å²) in [5.74, 6) is 1.21. The summed E-state index contributed by atoms with van der Waals surface area (Å²) in [6.07, 6.45) is 1.63. The maximum absolute atomic E-state index is 12.8. The largest absolute Gasteiger partial charge is 0.489 e. The summed E-state index contributed by atoms with van der Waals surface area (Å²) in [6.45, 7) is 0.833. The predicted molar refractivity (Wildman–Crippen MR) is 123 cm³/mol. The van der Waals surface area contributed by atoms with Gasteiger partial charge in [0.05, 0.1) is 24.8 Å². The fourth-order valence-electron chi connectivity index (χ4n) is 3.77. The topological polar surface area (TPSA) is 80.3 Å². The van der Waals surface area contributed by atoms with Crippen LogP contribution in [0.3, 0.4) is 0 Å². The van der Waals surface area contributed by atoms with E-state index in [0.29, 0.717) is 40.0 Å². The molecule has 0 amide bonds. The van der Waals surface area contributed by atoms with Crippen LogP contribution in [0, 0.1) is 0 Å². The number of rotatable bonds is 5. The molecule has 3 aromatic rings. The zero-order valence-electron chi connectivity index (χ0n) is 18.1. The Morgan fingerprint density at radius 2 is 1.94 bits per heavy atom. The summed E-state index contributed by atoms with van der Waals surface area (Å²) in [6, 6.07) is 15.4. The number of esters is 1. The number of benzene rings is 3. The van der Waals surface area contributed by atoms with E-state index in [9.17, 15) is 9.59 Å². The molecule has 0 N–H and O–H groups in total. The first-order chi connectivity index (χ1) is 16.5. The summed E-state index contributed by atoms with van der Waals surface area (Å²) in [5, 5.41) is 0.573. The second kappa shape index (κ2) is 9.21. The fraction of sp³-hybridized carbons (Fsp3) is 0.154. The summed E-state index contributed by atoms with van der Waals surface area (Å²) >= 11 is 6.22. The molecule has 0 bridgehead atoms. The van der Waals surface area contributed by atoms with Gasteiger partial charge in [0, 0.05) is 22.2 Å².